The van der Waals surface area contributed by atoms with Crippen LogP contribution in [-0.4, -0.2) is 0 Å². The van der Waals surface area contributed by atoms with E-state index in [1.807, 2.05) is 12.1 Å². The van der Waals surface area contributed by atoms with Crippen molar-refractivity contribution in [2.45, 2.75) is 12.3 Å². The molecule has 12 heavy (non-hydrogen) atoms. The third-order valence-electron chi connectivity index (χ3n) is 2.25. The molecule has 0 spiro atoms. The van der Waals surface area contributed by atoms with E-state index >= 15 is 0 Å². The van der Waals surface area contributed by atoms with E-state index in [1.54, 1.807) is 0 Å². The van der Waals surface area contributed by atoms with Crippen molar-refractivity contribution in [3.8, 4) is 6.07 Å². The van der Waals surface area contributed by atoms with Gasteiger partial charge in [0.25, 0.3) is 0 Å². The van der Waals surface area contributed by atoms with Gasteiger partial charge in [0, 0.05) is 10.4 Å². The lowest BCUT2D eigenvalue weighted by molar-refractivity contribution is 1.02. The predicted octanol–water partition coefficient (Wildman–Crippen LogP) is 3.08. The number of hydrogen-bond donors (Lipinski definition) is 0. The van der Waals surface area contributed by atoms with Crippen molar-refractivity contribution in [3.05, 3.63) is 34.3 Å². The fraction of sp³-hybridized carbons (Fsp3) is 0.300. The number of rotatable bonds is 1. The van der Waals surface area contributed by atoms with E-state index in [4.69, 9.17) is 5.26 Å². The molecule has 0 aliphatic heterocycles. The van der Waals surface area contributed by atoms with E-state index < -0.39 is 0 Å². The maximum absolute atomic E-state index is 8.63. The van der Waals surface area contributed by atoms with Crippen LogP contribution >= 0.6 is 15.9 Å². The van der Waals surface area contributed by atoms with Crippen LogP contribution in [0, 0.1) is 17.2 Å². The molecule has 1 aromatic rings. The molecule has 0 heterocycles. The van der Waals surface area contributed by atoms with E-state index in [0.717, 1.165) is 10.9 Å². The Labute approximate surface area is 80.1 Å². The zero-order chi connectivity index (χ0) is 8.55. The fourth-order valence-corrected chi connectivity index (χ4v) is 1.68. The topological polar surface area (TPSA) is 23.8 Å². The van der Waals surface area contributed by atoms with Gasteiger partial charge in [0.1, 0.15) is 0 Å². The van der Waals surface area contributed by atoms with Gasteiger partial charge in [-0.2, -0.15) is 5.26 Å². The van der Waals surface area contributed by atoms with Crippen LogP contribution in [0.3, 0.4) is 0 Å². The van der Waals surface area contributed by atoms with Gasteiger partial charge in [0.05, 0.1) is 12.0 Å². The van der Waals surface area contributed by atoms with Gasteiger partial charge in [0.2, 0.25) is 0 Å². The third kappa shape index (κ3) is 1.37. The van der Waals surface area contributed by atoms with E-state index in [9.17, 15) is 0 Å². The highest BCUT2D eigenvalue weighted by molar-refractivity contribution is 9.10. The van der Waals surface area contributed by atoms with Crippen LogP contribution in [0.25, 0.3) is 0 Å². The highest BCUT2D eigenvalue weighted by Crippen LogP contribution is 2.46. The molecule has 2 rings (SSSR count). The van der Waals surface area contributed by atoms with E-state index in [0.29, 0.717) is 5.92 Å². The molecule has 1 nitrogen and oxygen atoms in total. The van der Waals surface area contributed by atoms with Crippen molar-refractivity contribution in [1.29, 1.82) is 5.26 Å². The lowest BCUT2D eigenvalue weighted by Crippen LogP contribution is -1.80. The largest absolute Gasteiger partial charge is 0.198 e. The Morgan fingerprint density at radius 3 is 2.50 bits per heavy atom. The summed E-state index contributed by atoms with van der Waals surface area (Å²) < 4.78 is 1.10. The Morgan fingerprint density at radius 2 is 2.00 bits per heavy atom. The minimum atomic E-state index is 0.270. The second-order valence-corrected chi connectivity index (χ2v) is 4.05. The highest BCUT2D eigenvalue weighted by Gasteiger charge is 2.38. The summed E-state index contributed by atoms with van der Waals surface area (Å²) >= 11 is 3.38. The summed E-state index contributed by atoms with van der Waals surface area (Å²) in [5.41, 5.74) is 1.30. The van der Waals surface area contributed by atoms with E-state index in [1.165, 1.54) is 5.56 Å². The molecule has 2 atom stereocenters. The summed E-state index contributed by atoms with van der Waals surface area (Å²) in [7, 11) is 0. The summed E-state index contributed by atoms with van der Waals surface area (Å²) in [6, 6.07) is 10.5. The molecular weight excluding hydrogens is 214 g/mol. The molecule has 1 aliphatic carbocycles. The van der Waals surface area contributed by atoms with Crippen molar-refractivity contribution in [2.24, 2.45) is 5.92 Å². The first kappa shape index (κ1) is 7.82. The number of nitriles is 1. The minimum absolute atomic E-state index is 0.270. The van der Waals surface area contributed by atoms with Crippen LogP contribution in [0.5, 0.6) is 0 Å². The first-order valence-corrected chi connectivity index (χ1v) is 4.75. The monoisotopic (exact) mass is 221 g/mol. The van der Waals surface area contributed by atoms with E-state index in [2.05, 4.69) is 34.1 Å². The van der Waals surface area contributed by atoms with Crippen LogP contribution in [0.1, 0.15) is 17.9 Å². The summed E-state index contributed by atoms with van der Waals surface area (Å²) in [5.74, 6) is 0.772. The second kappa shape index (κ2) is 2.91. The Morgan fingerprint density at radius 1 is 1.33 bits per heavy atom. The normalized spacial score (nSPS) is 26.3. The summed E-state index contributed by atoms with van der Waals surface area (Å²) in [5, 5.41) is 8.63. The van der Waals surface area contributed by atoms with Crippen LogP contribution in [-0.2, 0) is 0 Å². The summed E-state index contributed by atoms with van der Waals surface area (Å²) in [6.45, 7) is 0. The maximum Gasteiger partial charge on any atom is 0.0662 e. The van der Waals surface area contributed by atoms with Gasteiger partial charge in [-0.1, -0.05) is 28.1 Å². The van der Waals surface area contributed by atoms with Crippen LogP contribution in [0.2, 0.25) is 0 Å². The lowest BCUT2D eigenvalue weighted by atomic mass is 10.1. The van der Waals surface area contributed by atoms with Crippen LogP contribution < -0.4 is 0 Å². The molecule has 1 saturated carbocycles. The third-order valence-corrected chi connectivity index (χ3v) is 2.78. The molecule has 1 aromatic carbocycles. The van der Waals surface area contributed by atoms with Crippen molar-refractivity contribution >= 4 is 15.9 Å². The molecule has 0 aromatic heterocycles. The predicted molar refractivity (Wildman–Crippen MR) is 50.6 cm³/mol. The quantitative estimate of drug-likeness (QED) is 0.716. The van der Waals surface area contributed by atoms with Gasteiger partial charge >= 0.3 is 0 Å². The zero-order valence-electron chi connectivity index (χ0n) is 6.50. The maximum atomic E-state index is 8.63. The fourth-order valence-electron chi connectivity index (χ4n) is 1.42. The number of benzene rings is 1. The molecule has 0 radical (unpaired) electrons. The molecule has 0 bridgehead atoms. The Bertz CT molecular complexity index is 323. The molecule has 60 valence electrons. The second-order valence-electron chi connectivity index (χ2n) is 3.13. The van der Waals surface area contributed by atoms with Gasteiger partial charge in [-0.05, 0) is 24.1 Å². The molecular formula is C10H8BrN. The molecule has 0 unspecified atom stereocenters. The van der Waals surface area contributed by atoms with Gasteiger partial charge in [0.15, 0.2) is 0 Å². The van der Waals surface area contributed by atoms with Crippen LogP contribution in [0.15, 0.2) is 28.7 Å². The van der Waals surface area contributed by atoms with Crippen molar-refractivity contribution in [3.63, 3.8) is 0 Å². The molecule has 0 saturated heterocycles. The van der Waals surface area contributed by atoms with Gasteiger partial charge < -0.3 is 0 Å². The molecule has 2 heteroatoms. The van der Waals surface area contributed by atoms with Gasteiger partial charge in [-0.3, -0.25) is 0 Å². The highest BCUT2D eigenvalue weighted by atomic mass is 79.9. The van der Waals surface area contributed by atoms with Gasteiger partial charge in [-0.15, -0.1) is 0 Å². The Kier molecular flexibility index (Phi) is 1.90. The van der Waals surface area contributed by atoms with Crippen LogP contribution in [0.4, 0.5) is 0 Å². The zero-order valence-corrected chi connectivity index (χ0v) is 8.08. The standard InChI is InChI=1S/C10H8BrN/c11-9-3-1-7(2-4-9)10-5-8(10)6-12/h1-4,8,10H,5H2/t8-,10-/m0/s1. The van der Waals surface area contributed by atoms with E-state index in [-0.39, 0.29) is 5.92 Å². The lowest BCUT2D eigenvalue weighted by Gasteiger charge is -1.96. The molecule has 1 fully saturated rings. The smallest absolute Gasteiger partial charge is 0.0662 e. The number of nitrogens with zero attached hydrogens (tertiary/aromatic N) is 1. The average Bonchev–Trinajstić information content (AvgIpc) is 2.85. The average molecular weight is 222 g/mol. The summed E-state index contributed by atoms with van der Waals surface area (Å²) in [6.07, 6.45) is 1.04. The summed E-state index contributed by atoms with van der Waals surface area (Å²) in [4.78, 5) is 0. The Hall–Kier alpha value is -0.810. The Balaban J connectivity index is 2.17. The molecule has 1 aliphatic rings. The SMILES string of the molecule is N#C[C@@H]1C[C@H]1c1ccc(Br)cc1. The molecule has 0 N–H and O–H groups in total. The molecule has 0 amide bonds. The van der Waals surface area contributed by atoms with Crippen molar-refractivity contribution in [1.82, 2.24) is 0 Å². The van der Waals surface area contributed by atoms with Gasteiger partial charge in [-0.25, -0.2) is 0 Å². The number of halogens is 1. The number of hydrogen-bond acceptors (Lipinski definition) is 1. The first-order chi connectivity index (χ1) is 5.81. The first-order valence-electron chi connectivity index (χ1n) is 3.96. The minimum Gasteiger partial charge on any atom is -0.198 e. The van der Waals surface area contributed by atoms with Crippen molar-refractivity contribution < 1.29 is 0 Å². The van der Waals surface area contributed by atoms with Crippen molar-refractivity contribution in [2.75, 3.05) is 0 Å².